The summed E-state index contributed by atoms with van der Waals surface area (Å²) in [5.41, 5.74) is 1.26. The van der Waals surface area contributed by atoms with Gasteiger partial charge in [-0.1, -0.05) is 0 Å². The lowest BCUT2D eigenvalue weighted by atomic mass is 10.2. The molecule has 92 valence electrons. The number of thioether (sulfide) groups is 1. The van der Waals surface area contributed by atoms with Gasteiger partial charge in [-0.25, -0.2) is 0 Å². The Balaban J connectivity index is 1.92. The lowest BCUT2D eigenvalue weighted by Gasteiger charge is -2.26. The predicted octanol–water partition coefficient (Wildman–Crippen LogP) is 2.95. The van der Waals surface area contributed by atoms with Crippen LogP contribution in [0.4, 0.5) is 0 Å². The number of nitrogens with one attached hydrogen (secondary N) is 1. The van der Waals surface area contributed by atoms with Crippen LogP contribution in [0.2, 0.25) is 0 Å². The van der Waals surface area contributed by atoms with Gasteiger partial charge in [-0.05, 0) is 52.3 Å². The highest BCUT2D eigenvalue weighted by Crippen LogP contribution is 2.42. The van der Waals surface area contributed by atoms with Gasteiger partial charge in [0.05, 0.1) is 9.85 Å². The van der Waals surface area contributed by atoms with Crippen LogP contribution < -0.4 is 14.8 Å². The molecular formula is C12H14BrNO2S. The second-order valence-corrected chi connectivity index (χ2v) is 6.15. The Bertz CT molecular complexity index is 421. The maximum absolute atomic E-state index is 5.64. The molecule has 0 bridgehead atoms. The highest BCUT2D eigenvalue weighted by molar-refractivity contribution is 9.10. The van der Waals surface area contributed by atoms with Gasteiger partial charge in [-0.2, -0.15) is 0 Å². The lowest BCUT2D eigenvalue weighted by Crippen LogP contribution is -2.25. The molecule has 0 saturated carbocycles. The molecule has 0 aromatic heterocycles. The van der Waals surface area contributed by atoms with E-state index in [0.29, 0.717) is 18.6 Å². The van der Waals surface area contributed by atoms with Crippen molar-refractivity contribution in [3.05, 3.63) is 22.2 Å². The Morgan fingerprint density at radius 2 is 2.18 bits per heavy atom. The molecule has 1 aromatic carbocycles. The van der Waals surface area contributed by atoms with Crippen molar-refractivity contribution in [2.45, 2.75) is 11.8 Å². The maximum atomic E-state index is 5.64. The lowest BCUT2D eigenvalue weighted by molar-refractivity contribution is 0.170. The van der Waals surface area contributed by atoms with E-state index in [1.54, 1.807) is 0 Å². The molecule has 1 aromatic rings. The molecule has 2 aliphatic rings. The fourth-order valence-electron chi connectivity index (χ4n) is 2.06. The number of benzene rings is 1. The van der Waals surface area contributed by atoms with E-state index in [4.69, 9.17) is 9.47 Å². The molecule has 17 heavy (non-hydrogen) atoms. The SMILES string of the molecule is Brc1cc(C2NCCCS2)cc2c1OCCO2. The van der Waals surface area contributed by atoms with E-state index in [-0.39, 0.29) is 0 Å². The van der Waals surface area contributed by atoms with E-state index in [9.17, 15) is 0 Å². The molecule has 0 aliphatic carbocycles. The summed E-state index contributed by atoms with van der Waals surface area (Å²) in [6, 6.07) is 4.22. The molecule has 1 saturated heterocycles. The Labute approximate surface area is 113 Å². The third-order valence-corrected chi connectivity index (χ3v) is 4.74. The van der Waals surface area contributed by atoms with E-state index in [0.717, 1.165) is 22.5 Å². The number of hydrogen-bond acceptors (Lipinski definition) is 4. The first kappa shape index (κ1) is 11.7. The summed E-state index contributed by atoms with van der Waals surface area (Å²) in [5, 5.41) is 3.89. The highest BCUT2D eigenvalue weighted by atomic mass is 79.9. The zero-order valence-electron chi connectivity index (χ0n) is 9.37. The summed E-state index contributed by atoms with van der Waals surface area (Å²) < 4.78 is 12.2. The third kappa shape index (κ3) is 2.41. The number of halogens is 1. The molecule has 0 amide bonds. The Hall–Kier alpha value is -0.390. The van der Waals surface area contributed by atoms with Crippen molar-refractivity contribution in [2.75, 3.05) is 25.5 Å². The van der Waals surface area contributed by atoms with E-state index in [2.05, 4.69) is 33.4 Å². The molecule has 1 fully saturated rings. The number of fused-ring (bicyclic) bond motifs is 1. The number of ether oxygens (including phenoxy) is 2. The monoisotopic (exact) mass is 315 g/mol. The zero-order chi connectivity index (χ0) is 11.7. The predicted molar refractivity (Wildman–Crippen MR) is 73.0 cm³/mol. The standard InChI is InChI=1S/C12H14BrNO2S/c13-9-6-8(12-14-2-1-5-17-12)7-10-11(9)16-4-3-15-10/h6-7,12,14H,1-5H2. The first-order valence-corrected chi connectivity index (χ1v) is 7.63. The van der Waals surface area contributed by atoms with Crippen molar-refractivity contribution in [1.82, 2.24) is 5.32 Å². The van der Waals surface area contributed by atoms with Gasteiger partial charge in [0.25, 0.3) is 0 Å². The Morgan fingerprint density at radius 1 is 1.29 bits per heavy atom. The van der Waals surface area contributed by atoms with Crippen LogP contribution in [0.15, 0.2) is 16.6 Å². The largest absolute Gasteiger partial charge is 0.486 e. The van der Waals surface area contributed by atoms with Gasteiger partial charge in [-0.15, -0.1) is 11.8 Å². The normalized spacial score (nSPS) is 23.5. The summed E-state index contributed by atoms with van der Waals surface area (Å²) >= 11 is 5.50. The molecule has 2 heterocycles. The molecule has 3 rings (SSSR count). The average Bonchev–Trinajstić information content (AvgIpc) is 2.40. The molecule has 1 unspecified atom stereocenters. The van der Waals surface area contributed by atoms with Crippen LogP contribution in [0.3, 0.4) is 0 Å². The van der Waals surface area contributed by atoms with Crippen LogP contribution in [0, 0.1) is 0 Å². The molecule has 0 radical (unpaired) electrons. The van der Waals surface area contributed by atoms with Crippen molar-refractivity contribution in [3.63, 3.8) is 0 Å². The van der Waals surface area contributed by atoms with E-state index >= 15 is 0 Å². The average molecular weight is 316 g/mol. The van der Waals surface area contributed by atoms with Gasteiger partial charge in [0.2, 0.25) is 0 Å². The van der Waals surface area contributed by atoms with Crippen LogP contribution in [-0.4, -0.2) is 25.5 Å². The van der Waals surface area contributed by atoms with Crippen LogP contribution >= 0.6 is 27.7 Å². The van der Waals surface area contributed by atoms with Crippen LogP contribution in [0.1, 0.15) is 17.4 Å². The maximum Gasteiger partial charge on any atom is 0.175 e. The molecular weight excluding hydrogens is 302 g/mol. The first-order valence-electron chi connectivity index (χ1n) is 5.78. The second kappa shape index (κ2) is 5.08. The Morgan fingerprint density at radius 3 is 3.00 bits per heavy atom. The molecule has 1 N–H and O–H groups in total. The van der Waals surface area contributed by atoms with Crippen molar-refractivity contribution in [2.24, 2.45) is 0 Å². The fraction of sp³-hybridized carbons (Fsp3) is 0.500. The van der Waals surface area contributed by atoms with Gasteiger partial charge >= 0.3 is 0 Å². The third-order valence-electron chi connectivity index (χ3n) is 2.86. The number of rotatable bonds is 1. The minimum atomic E-state index is 0.371. The van der Waals surface area contributed by atoms with E-state index in [1.165, 1.54) is 17.7 Å². The highest BCUT2D eigenvalue weighted by Gasteiger charge is 2.21. The topological polar surface area (TPSA) is 30.5 Å². The van der Waals surface area contributed by atoms with Gasteiger partial charge in [0.1, 0.15) is 13.2 Å². The van der Waals surface area contributed by atoms with Crippen LogP contribution in [0.5, 0.6) is 11.5 Å². The molecule has 0 spiro atoms. The number of hydrogen-bond donors (Lipinski definition) is 1. The van der Waals surface area contributed by atoms with Gasteiger partial charge in [0.15, 0.2) is 11.5 Å². The van der Waals surface area contributed by atoms with Crippen LogP contribution in [0.25, 0.3) is 0 Å². The quantitative estimate of drug-likeness (QED) is 0.863. The first-order chi connectivity index (χ1) is 8.34. The minimum absolute atomic E-state index is 0.371. The summed E-state index contributed by atoms with van der Waals surface area (Å²) in [6.07, 6.45) is 1.24. The van der Waals surface area contributed by atoms with Gasteiger partial charge < -0.3 is 14.8 Å². The smallest absolute Gasteiger partial charge is 0.175 e. The van der Waals surface area contributed by atoms with Crippen molar-refractivity contribution < 1.29 is 9.47 Å². The van der Waals surface area contributed by atoms with Crippen molar-refractivity contribution >= 4 is 27.7 Å². The van der Waals surface area contributed by atoms with Gasteiger partial charge in [-0.3, -0.25) is 0 Å². The molecule has 1 atom stereocenters. The minimum Gasteiger partial charge on any atom is -0.486 e. The fourth-order valence-corrected chi connectivity index (χ4v) is 3.75. The molecule has 3 nitrogen and oxygen atoms in total. The van der Waals surface area contributed by atoms with E-state index < -0.39 is 0 Å². The molecule has 5 heteroatoms. The summed E-state index contributed by atoms with van der Waals surface area (Å²) in [6.45, 7) is 2.35. The summed E-state index contributed by atoms with van der Waals surface area (Å²) in [5.74, 6) is 2.90. The van der Waals surface area contributed by atoms with Gasteiger partial charge in [0, 0.05) is 0 Å². The van der Waals surface area contributed by atoms with Crippen molar-refractivity contribution in [1.29, 1.82) is 0 Å². The van der Waals surface area contributed by atoms with E-state index in [1.807, 2.05) is 11.8 Å². The summed E-state index contributed by atoms with van der Waals surface area (Å²) in [4.78, 5) is 0. The van der Waals surface area contributed by atoms with Crippen LogP contribution in [-0.2, 0) is 0 Å². The zero-order valence-corrected chi connectivity index (χ0v) is 11.8. The Kier molecular flexibility index (Phi) is 3.49. The summed E-state index contributed by atoms with van der Waals surface area (Å²) in [7, 11) is 0. The second-order valence-electron chi connectivity index (χ2n) is 4.09. The molecule has 2 aliphatic heterocycles. The van der Waals surface area contributed by atoms with Crippen molar-refractivity contribution in [3.8, 4) is 11.5 Å².